The van der Waals surface area contributed by atoms with E-state index in [1.807, 2.05) is 94.5 Å². The summed E-state index contributed by atoms with van der Waals surface area (Å²) in [6.45, 7) is 10.9. The first-order valence-corrected chi connectivity index (χ1v) is 41.6. The molecule has 4 aromatic carbocycles. The molecule has 8 N–H and O–H groups in total. The number of benzene rings is 5. The number of aromatic nitrogens is 4. The second kappa shape index (κ2) is 35.5. The van der Waals surface area contributed by atoms with Crippen molar-refractivity contribution >= 4 is 162 Å². The number of sulfonamides is 1. The number of aromatic hydroxyl groups is 1. The Hall–Kier alpha value is -7.79. The summed E-state index contributed by atoms with van der Waals surface area (Å²) in [7, 11) is 7.77. The number of esters is 1. The number of methoxy groups -OCH3 is 1. The van der Waals surface area contributed by atoms with Crippen molar-refractivity contribution in [3.63, 3.8) is 0 Å². The third-order valence-electron chi connectivity index (χ3n) is 18.3. The maximum absolute atomic E-state index is 14.0. The Bertz CT molecular complexity index is 5270. The number of Topliss-reactive ketones (excluding diaryl/α,β-unsaturated/α-hetero) is 1. The Morgan fingerprint density at radius 2 is 1.46 bits per heavy atom. The molecule has 0 fully saturated rings. The number of ketones is 1. The van der Waals surface area contributed by atoms with Crippen LogP contribution in [-0.2, 0) is 40.9 Å². The predicted molar refractivity (Wildman–Crippen MR) is 434 cm³/mol. The van der Waals surface area contributed by atoms with E-state index in [2.05, 4.69) is 75.1 Å². The van der Waals surface area contributed by atoms with E-state index in [4.69, 9.17) is 31.9 Å². The van der Waals surface area contributed by atoms with Crippen LogP contribution in [0.5, 0.6) is 5.75 Å². The molecule has 0 saturated carbocycles. The summed E-state index contributed by atoms with van der Waals surface area (Å²) in [5.41, 5.74) is 12.5. The Morgan fingerprint density at radius 1 is 0.827 bits per heavy atom. The molecule has 6 heterocycles. The fraction of sp³-hybridized carbons (Fsp3) is 0.324. The Labute approximate surface area is 630 Å². The number of halogens is 2. The van der Waals surface area contributed by atoms with Gasteiger partial charge in [-0.25, -0.2) is 13.1 Å². The number of carbonyl (C=O) groups excluding carboxylic acids is 4. The topological polar surface area (TPSA) is 325 Å². The van der Waals surface area contributed by atoms with Gasteiger partial charge in [0.05, 0.1) is 46.5 Å². The fourth-order valence-electron chi connectivity index (χ4n) is 13.1. The molecule has 7 aromatic rings. The summed E-state index contributed by atoms with van der Waals surface area (Å²) in [6.07, 6.45) is 1.01. The number of nitrogens with one attached hydrogen (secondary N) is 6. The molecule has 8 bridgehead atoms. The molecule has 1 aliphatic carbocycles. The minimum absolute atomic E-state index is 0.00222. The number of amides is 2. The number of hydrogen-bond donors (Lipinski definition) is 8. The number of ether oxygens (including phenoxy) is 1. The summed E-state index contributed by atoms with van der Waals surface area (Å²) >= 11 is 4.28. The average Bonchev–Trinajstić information content (AvgIpc) is 1.50. The number of phenols is 1. The van der Waals surface area contributed by atoms with Gasteiger partial charge in [-0.3, -0.25) is 38.5 Å². The van der Waals surface area contributed by atoms with Gasteiger partial charge in [0, 0.05) is 159 Å². The number of thioether (sulfide) groups is 1. The number of H-pyrrole nitrogens is 2. The van der Waals surface area contributed by atoms with Crippen LogP contribution in [0.25, 0.3) is 66.3 Å². The van der Waals surface area contributed by atoms with E-state index in [9.17, 15) is 53.3 Å². The van der Waals surface area contributed by atoms with Gasteiger partial charge in [-0.15, -0.1) is 18.5 Å². The standard InChI is InChI=1S/C38H48N6O8S.C22H19NO3P2S2.C13H16N2O2S.CH4FI/c1-9-23-18(2)26-17-31-34(22(6)45)20(4)28(42-31)15-27-19(3)24(10-11-32(46)39-7)36(43-27)25(14-33(47)52-8)37-35(38(48)40-12-13-53(49,50)51)21(5)29(44-37)16-30(23)41-26;1-23-22(29)30-13-4-7-14(17(10-13)21(27)28)20-15-5-2-11(24)8-18(15)26-19-9-12(25)3-6-16(19)20;1-14-18(16,17)13-9-5-6-10-11(13)7-4-8-12(10)15(2)3;1-3-2/h15-19,23-24,42,44H,9-14H2,1-8H3,(H,39,46)(H,40,48)(H,49,50,51);2-10,21,24H,27-28H2,1H3,(H,23,29);4-9,14H,1-3H3;3H,1H3/i;;;3T. The monoisotopic (exact) mass is 1650 g/mol. The molecule has 30 heteroatoms. The van der Waals surface area contributed by atoms with Crippen molar-refractivity contribution in [1.82, 2.24) is 40.6 Å². The number of nitrogens with zero attached hydrogens (tertiary/aromatic N) is 3. The van der Waals surface area contributed by atoms with Crippen molar-refractivity contribution in [3.05, 3.63) is 176 Å². The number of alkyl halides is 1. The average molecular weight is 1650 g/mol. The van der Waals surface area contributed by atoms with E-state index in [0.717, 1.165) is 72.4 Å². The van der Waals surface area contributed by atoms with Gasteiger partial charge in [0.25, 0.3) is 16.0 Å². The van der Waals surface area contributed by atoms with Crippen molar-refractivity contribution in [2.45, 2.75) is 106 Å². The molecule has 6 atom stereocenters. The molecule has 22 nitrogen and oxygen atoms in total. The molecular weight excluding hydrogens is 1560 g/mol. The summed E-state index contributed by atoms with van der Waals surface area (Å²) in [6, 6.07) is 32.8. The van der Waals surface area contributed by atoms with Crippen LogP contribution in [0.2, 0.25) is 0 Å². The first kappa shape index (κ1) is 80.3. The second-order valence-electron chi connectivity index (χ2n) is 25.0. The van der Waals surface area contributed by atoms with Crippen molar-refractivity contribution < 1.29 is 57.7 Å². The van der Waals surface area contributed by atoms with Crippen molar-refractivity contribution in [2.24, 2.45) is 0 Å². The van der Waals surface area contributed by atoms with Gasteiger partial charge in [0.15, 0.2) is 11.2 Å². The Kier molecular flexibility index (Phi) is 27.4. The van der Waals surface area contributed by atoms with Crippen LogP contribution in [0, 0.1) is 13.8 Å². The number of rotatable bonds is 17. The minimum atomic E-state index is -4.36. The molecular formula is C74H87FIN9O13P2S4. The van der Waals surface area contributed by atoms with E-state index in [1.165, 1.54) is 43.8 Å². The maximum atomic E-state index is 14.0. The van der Waals surface area contributed by atoms with Crippen LogP contribution in [0.3, 0.4) is 0 Å². The Balaban J connectivity index is 0.000000222. The fourth-order valence-corrected chi connectivity index (χ4v) is 15.8. The number of phenolic OH excluding ortho intramolecular Hbond substituents is 1. The number of carbonyl (C=O) groups is 4. The number of aromatic amines is 2. The zero-order valence-corrected chi connectivity index (χ0v) is 67.5. The van der Waals surface area contributed by atoms with Crippen LogP contribution in [0.4, 0.5) is 8.55 Å². The molecule has 11 rings (SSSR count). The van der Waals surface area contributed by atoms with E-state index < -0.39 is 59.4 Å². The summed E-state index contributed by atoms with van der Waals surface area (Å²) in [5, 5.41) is 20.8. The first-order valence-electron chi connectivity index (χ1n) is 33.4. The molecule has 104 heavy (non-hydrogen) atoms. The zero-order chi connectivity index (χ0) is 77.3. The number of anilines is 1. The molecule has 2 amide bonds. The van der Waals surface area contributed by atoms with Crippen LogP contribution >= 0.6 is 64.0 Å². The quantitative estimate of drug-likeness (QED) is 0.00483. The van der Waals surface area contributed by atoms with Gasteiger partial charge in [-0.1, -0.05) is 75.1 Å². The third kappa shape index (κ3) is 18.9. The van der Waals surface area contributed by atoms with Gasteiger partial charge in [0.2, 0.25) is 15.9 Å². The van der Waals surface area contributed by atoms with Gasteiger partial charge in [0.1, 0.15) is 21.4 Å². The molecule has 3 aromatic heterocycles. The van der Waals surface area contributed by atoms with Gasteiger partial charge < -0.3 is 45.1 Å². The molecule has 0 radical (unpaired) electrons. The van der Waals surface area contributed by atoms with Crippen LogP contribution in [0.1, 0.15) is 142 Å². The van der Waals surface area contributed by atoms with E-state index in [1.54, 1.807) is 50.4 Å². The van der Waals surface area contributed by atoms with Crippen molar-refractivity contribution in [1.29, 1.82) is 0.594 Å². The van der Waals surface area contributed by atoms with Crippen LogP contribution in [-0.4, -0.2) is 134 Å². The Morgan fingerprint density at radius 3 is 2.10 bits per heavy atom. The molecule has 554 valence electrons. The normalized spacial score (nSPS) is 15.1. The number of thiocarbonyl (C=S) groups is 1. The summed E-state index contributed by atoms with van der Waals surface area (Å²) in [4.78, 5) is 86.4. The van der Waals surface area contributed by atoms with Gasteiger partial charge in [-0.2, -0.15) is 8.42 Å². The predicted octanol–water partition coefficient (Wildman–Crippen LogP) is 13.8. The number of hydrogen-bond acceptors (Lipinski definition) is 17. The zero-order valence-electron chi connectivity index (χ0n) is 60.8. The summed E-state index contributed by atoms with van der Waals surface area (Å²) in [5.74, 6) is -2.22. The van der Waals surface area contributed by atoms with Gasteiger partial charge >= 0.3 is 35.9 Å². The molecule has 3 aliphatic heterocycles. The van der Waals surface area contributed by atoms with E-state index in [-0.39, 0.29) is 76.9 Å². The van der Waals surface area contributed by atoms with E-state index >= 15 is 0 Å². The van der Waals surface area contributed by atoms with Crippen LogP contribution < -0.4 is 31.0 Å². The van der Waals surface area contributed by atoms with Crippen molar-refractivity contribution in [3.8, 4) is 28.2 Å². The third-order valence-corrected chi connectivity index (χ3v) is 22.5. The summed E-state index contributed by atoms with van der Waals surface area (Å²) < 4.78 is 87.3. The van der Waals surface area contributed by atoms with Crippen molar-refractivity contribution in [2.75, 3.05) is 64.5 Å². The second-order valence-corrected chi connectivity index (χ2v) is 33.2. The molecule has 6 unspecified atom stereocenters. The number of aryl methyl sites for hydroxylation is 2. The molecule has 0 spiro atoms. The SMILES string of the molecule is CCC1c2cc3[nH]c(c(CC(=O)OC)c4nc(cc5[nH]c(cc(n2)C1C)c(C(C)=O)c5C)C(C)C4CCC(=O)NC)c(C(=O)NCCS(=O)(=O)O)c3C.CNC(=S)Sc1ccc(-c2c3ccc(=O)cc-3oc3cc(O)ccc23)c(C(P)P)c1.CNS(=O)(=O)c1cccc2c(N(C)C)cccc12.[3H]I(C)F. The van der Waals surface area contributed by atoms with Gasteiger partial charge in [-0.05, 0) is 130 Å². The number of fused-ring (bicyclic) bond motifs is 11. The van der Waals surface area contributed by atoms with E-state index in [0.29, 0.717) is 77.1 Å². The molecule has 0 saturated heterocycles. The molecule has 4 aliphatic rings. The first-order chi connectivity index (χ1) is 49.6. The van der Waals surface area contributed by atoms with Crippen LogP contribution in [0.15, 0.2) is 128 Å².